The van der Waals surface area contributed by atoms with E-state index in [9.17, 15) is 0 Å². The standard InChI is InChI=1S/C18H36N4OS/c1-5-19-18(21-16-7-6-8-17(11-16)24-4)20-12-14(2)22-9-10-23-13-15(22)3/h14-17H,5-13H2,1-4H3,(H2,19,20,21). The Labute approximate surface area is 152 Å². The van der Waals surface area contributed by atoms with Crippen molar-refractivity contribution in [2.24, 2.45) is 4.99 Å². The van der Waals surface area contributed by atoms with Crippen molar-refractivity contribution < 1.29 is 4.74 Å². The highest BCUT2D eigenvalue weighted by Gasteiger charge is 2.24. The van der Waals surface area contributed by atoms with Crippen molar-refractivity contribution in [1.82, 2.24) is 15.5 Å². The Hall–Kier alpha value is -0.460. The number of nitrogens with one attached hydrogen (secondary N) is 2. The van der Waals surface area contributed by atoms with E-state index in [0.29, 0.717) is 18.1 Å². The monoisotopic (exact) mass is 356 g/mol. The summed E-state index contributed by atoms with van der Waals surface area (Å²) in [5, 5.41) is 7.89. The molecule has 1 aliphatic heterocycles. The van der Waals surface area contributed by atoms with Gasteiger partial charge in [0.1, 0.15) is 0 Å². The largest absolute Gasteiger partial charge is 0.379 e. The van der Waals surface area contributed by atoms with E-state index in [2.05, 4.69) is 42.6 Å². The van der Waals surface area contributed by atoms with Gasteiger partial charge in [-0.1, -0.05) is 6.42 Å². The Balaban J connectivity index is 1.87. The van der Waals surface area contributed by atoms with Crippen LogP contribution in [0, 0.1) is 0 Å². The Bertz CT molecular complexity index is 393. The van der Waals surface area contributed by atoms with Gasteiger partial charge in [0, 0.05) is 36.5 Å². The zero-order chi connectivity index (χ0) is 17.4. The molecule has 24 heavy (non-hydrogen) atoms. The van der Waals surface area contributed by atoms with Crippen LogP contribution in [0.25, 0.3) is 0 Å². The van der Waals surface area contributed by atoms with Crippen molar-refractivity contribution >= 4 is 17.7 Å². The minimum Gasteiger partial charge on any atom is -0.379 e. The maximum atomic E-state index is 5.54. The van der Waals surface area contributed by atoms with Crippen molar-refractivity contribution in [3.05, 3.63) is 0 Å². The van der Waals surface area contributed by atoms with Crippen molar-refractivity contribution in [3.8, 4) is 0 Å². The third-order valence-electron chi connectivity index (χ3n) is 5.14. The van der Waals surface area contributed by atoms with Gasteiger partial charge in [-0.2, -0.15) is 11.8 Å². The fourth-order valence-corrected chi connectivity index (χ4v) is 4.55. The molecule has 5 nitrogen and oxygen atoms in total. The predicted octanol–water partition coefficient (Wildman–Crippen LogP) is 2.32. The Morgan fingerprint density at radius 2 is 2.25 bits per heavy atom. The first-order valence-electron chi connectivity index (χ1n) is 9.55. The molecule has 140 valence electrons. The number of guanidine groups is 1. The molecular weight excluding hydrogens is 320 g/mol. The molecule has 1 saturated heterocycles. The van der Waals surface area contributed by atoms with Crippen molar-refractivity contribution in [2.75, 3.05) is 39.1 Å². The molecular formula is C18H36N4OS. The van der Waals surface area contributed by atoms with Crippen LogP contribution in [0.1, 0.15) is 46.5 Å². The van der Waals surface area contributed by atoms with Crippen LogP contribution >= 0.6 is 11.8 Å². The van der Waals surface area contributed by atoms with E-state index in [4.69, 9.17) is 9.73 Å². The summed E-state index contributed by atoms with van der Waals surface area (Å²) in [7, 11) is 0. The molecule has 1 saturated carbocycles. The molecule has 0 bridgehead atoms. The molecule has 0 radical (unpaired) electrons. The fourth-order valence-electron chi connectivity index (χ4n) is 3.73. The molecule has 2 rings (SSSR count). The van der Waals surface area contributed by atoms with Crippen molar-refractivity contribution in [2.45, 2.75) is 69.8 Å². The predicted molar refractivity (Wildman–Crippen MR) is 105 cm³/mol. The normalized spacial score (nSPS) is 30.8. The van der Waals surface area contributed by atoms with Crippen LogP contribution in [0.5, 0.6) is 0 Å². The van der Waals surface area contributed by atoms with Crippen LogP contribution in [0.2, 0.25) is 0 Å². The van der Waals surface area contributed by atoms with E-state index in [1.807, 2.05) is 11.8 Å². The summed E-state index contributed by atoms with van der Waals surface area (Å²) < 4.78 is 5.54. The number of hydrogen-bond acceptors (Lipinski definition) is 4. The maximum Gasteiger partial charge on any atom is 0.191 e. The van der Waals surface area contributed by atoms with E-state index in [-0.39, 0.29) is 0 Å². The van der Waals surface area contributed by atoms with Gasteiger partial charge in [-0.3, -0.25) is 9.89 Å². The highest BCUT2D eigenvalue weighted by molar-refractivity contribution is 7.99. The Morgan fingerprint density at radius 1 is 1.42 bits per heavy atom. The lowest BCUT2D eigenvalue weighted by Gasteiger charge is -2.37. The molecule has 6 heteroatoms. The molecule has 2 fully saturated rings. The zero-order valence-corrected chi connectivity index (χ0v) is 16.7. The first kappa shape index (κ1) is 19.9. The minimum atomic E-state index is 0.449. The average Bonchev–Trinajstić information content (AvgIpc) is 2.60. The van der Waals surface area contributed by atoms with E-state index >= 15 is 0 Å². The highest BCUT2D eigenvalue weighted by Crippen LogP contribution is 2.26. The number of morpholine rings is 1. The van der Waals surface area contributed by atoms with Crippen LogP contribution < -0.4 is 10.6 Å². The quantitative estimate of drug-likeness (QED) is 0.565. The smallest absolute Gasteiger partial charge is 0.191 e. The third kappa shape index (κ3) is 6.12. The minimum absolute atomic E-state index is 0.449. The summed E-state index contributed by atoms with van der Waals surface area (Å²) in [6, 6.07) is 1.50. The second-order valence-electron chi connectivity index (χ2n) is 7.10. The molecule has 0 amide bonds. The molecule has 0 spiro atoms. The Morgan fingerprint density at radius 3 is 2.96 bits per heavy atom. The van der Waals surface area contributed by atoms with Gasteiger partial charge in [-0.15, -0.1) is 0 Å². The second kappa shape index (κ2) is 10.5. The van der Waals surface area contributed by atoms with Gasteiger partial charge in [0.2, 0.25) is 0 Å². The molecule has 0 aromatic heterocycles. The summed E-state index contributed by atoms with van der Waals surface area (Å²) in [4.78, 5) is 7.39. The van der Waals surface area contributed by atoms with Crippen molar-refractivity contribution in [1.29, 1.82) is 0 Å². The van der Waals surface area contributed by atoms with E-state index < -0.39 is 0 Å². The number of thioether (sulfide) groups is 1. The van der Waals surface area contributed by atoms with Gasteiger partial charge < -0.3 is 15.4 Å². The summed E-state index contributed by atoms with van der Waals surface area (Å²) in [5.74, 6) is 0.983. The summed E-state index contributed by atoms with van der Waals surface area (Å²) in [6.07, 6.45) is 7.43. The number of nitrogens with zero attached hydrogens (tertiary/aromatic N) is 2. The lowest BCUT2D eigenvalue weighted by molar-refractivity contribution is -0.0165. The fraction of sp³-hybridized carbons (Fsp3) is 0.944. The van der Waals surface area contributed by atoms with Crippen LogP contribution in [-0.2, 0) is 4.74 Å². The van der Waals surface area contributed by atoms with Crippen molar-refractivity contribution in [3.63, 3.8) is 0 Å². The molecule has 4 unspecified atom stereocenters. The second-order valence-corrected chi connectivity index (χ2v) is 8.23. The zero-order valence-electron chi connectivity index (χ0n) is 15.9. The van der Waals surface area contributed by atoms with Gasteiger partial charge in [0.05, 0.1) is 19.8 Å². The average molecular weight is 357 g/mol. The molecule has 4 atom stereocenters. The topological polar surface area (TPSA) is 48.9 Å². The Kier molecular flexibility index (Phi) is 8.70. The molecule has 2 aliphatic rings. The molecule has 0 aromatic rings. The van der Waals surface area contributed by atoms with Gasteiger partial charge in [0.15, 0.2) is 5.96 Å². The number of aliphatic imine (C=N–C) groups is 1. The molecule has 1 heterocycles. The molecule has 0 aromatic carbocycles. The number of ether oxygens (including phenoxy) is 1. The van der Waals surface area contributed by atoms with E-state index in [1.165, 1.54) is 25.7 Å². The summed E-state index contributed by atoms with van der Waals surface area (Å²) in [6.45, 7) is 11.1. The van der Waals surface area contributed by atoms with E-state index in [1.54, 1.807) is 0 Å². The van der Waals surface area contributed by atoms with E-state index in [0.717, 1.165) is 44.1 Å². The third-order valence-corrected chi connectivity index (χ3v) is 6.24. The lowest BCUT2D eigenvalue weighted by Crippen LogP contribution is -2.50. The number of rotatable bonds is 6. The SMILES string of the molecule is CCNC(=NCC(C)N1CCOCC1C)NC1CCCC(SC)C1. The molecule has 2 N–H and O–H groups in total. The van der Waals surface area contributed by atoms with Crippen LogP contribution in [0.15, 0.2) is 4.99 Å². The van der Waals surface area contributed by atoms with Gasteiger partial charge in [-0.05, 0) is 46.3 Å². The summed E-state index contributed by atoms with van der Waals surface area (Å²) >= 11 is 2.01. The lowest BCUT2D eigenvalue weighted by atomic mass is 9.95. The van der Waals surface area contributed by atoms with Gasteiger partial charge in [-0.25, -0.2) is 0 Å². The molecule has 1 aliphatic carbocycles. The highest BCUT2D eigenvalue weighted by atomic mass is 32.2. The first-order valence-corrected chi connectivity index (χ1v) is 10.8. The van der Waals surface area contributed by atoms with Crippen LogP contribution in [0.3, 0.4) is 0 Å². The number of hydrogen-bond donors (Lipinski definition) is 2. The summed E-state index contributed by atoms with van der Waals surface area (Å²) in [5.41, 5.74) is 0. The maximum absolute atomic E-state index is 5.54. The van der Waals surface area contributed by atoms with Crippen LogP contribution in [-0.4, -0.2) is 73.3 Å². The van der Waals surface area contributed by atoms with Gasteiger partial charge >= 0.3 is 0 Å². The van der Waals surface area contributed by atoms with Gasteiger partial charge in [0.25, 0.3) is 0 Å². The van der Waals surface area contributed by atoms with Crippen LogP contribution in [0.4, 0.5) is 0 Å². The first-order chi connectivity index (χ1) is 11.6.